The Morgan fingerprint density at radius 3 is 2.84 bits per heavy atom. The topological polar surface area (TPSA) is 41.6 Å². The monoisotopic (exact) mass is 266 g/mol. The van der Waals surface area contributed by atoms with Crippen LogP contribution in [0, 0.1) is 5.92 Å². The first-order valence-corrected chi connectivity index (χ1v) is 7.89. The van der Waals surface area contributed by atoms with E-state index in [1.807, 2.05) is 7.05 Å². The average Bonchev–Trinajstić information content (AvgIpc) is 3.05. The molecule has 3 rings (SSSR count). The Labute approximate surface area is 115 Å². The molecule has 0 bridgehead atoms. The first-order chi connectivity index (χ1) is 9.29. The van der Waals surface area contributed by atoms with Gasteiger partial charge >= 0.3 is 0 Å². The number of nitrogens with zero attached hydrogens (tertiary/aromatic N) is 1. The van der Waals surface area contributed by atoms with Gasteiger partial charge < -0.3 is 15.0 Å². The van der Waals surface area contributed by atoms with Crippen LogP contribution in [0.5, 0.6) is 0 Å². The lowest BCUT2D eigenvalue weighted by Crippen LogP contribution is -2.50. The van der Waals surface area contributed by atoms with E-state index < -0.39 is 0 Å². The van der Waals surface area contributed by atoms with E-state index in [9.17, 15) is 4.79 Å². The molecule has 0 aromatic rings. The second-order valence-electron chi connectivity index (χ2n) is 6.30. The highest BCUT2D eigenvalue weighted by molar-refractivity contribution is 5.82. The molecule has 3 aliphatic rings. The summed E-state index contributed by atoms with van der Waals surface area (Å²) in [7, 11) is 1.91. The zero-order valence-corrected chi connectivity index (χ0v) is 11.9. The quantitative estimate of drug-likeness (QED) is 0.842. The second kappa shape index (κ2) is 5.80. The van der Waals surface area contributed by atoms with Gasteiger partial charge in [-0.2, -0.15) is 0 Å². The summed E-state index contributed by atoms with van der Waals surface area (Å²) in [6.45, 7) is 1.69. The number of likely N-dealkylation sites (N-methyl/N-ethyl adjacent to an activating group) is 1. The Hall–Kier alpha value is -0.610. The highest BCUT2D eigenvalue weighted by Gasteiger charge is 2.41. The summed E-state index contributed by atoms with van der Waals surface area (Å²) in [5.74, 6) is 1.04. The van der Waals surface area contributed by atoms with Crippen molar-refractivity contribution in [3.63, 3.8) is 0 Å². The molecule has 2 saturated heterocycles. The molecule has 4 atom stereocenters. The third-order valence-electron chi connectivity index (χ3n) is 5.20. The molecule has 2 aliphatic heterocycles. The van der Waals surface area contributed by atoms with E-state index in [1.165, 1.54) is 25.7 Å². The Bertz CT molecular complexity index is 328. The van der Waals surface area contributed by atoms with Gasteiger partial charge in [0.25, 0.3) is 0 Å². The van der Waals surface area contributed by atoms with E-state index in [0.29, 0.717) is 11.9 Å². The van der Waals surface area contributed by atoms with E-state index in [1.54, 1.807) is 0 Å². The molecule has 0 aromatic heterocycles. The van der Waals surface area contributed by atoms with E-state index >= 15 is 0 Å². The van der Waals surface area contributed by atoms with Crippen molar-refractivity contribution in [1.29, 1.82) is 0 Å². The van der Waals surface area contributed by atoms with Gasteiger partial charge in [-0.05, 0) is 51.5 Å². The fraction of sp³-hybridized carbons (Fsp3) is 0.933. The summed E-state index contributed by atoms with van der Waals surface area (Å²) in [6, 6.07) is 0.502. The minimum Gasteiger partial charge on any atom is -0.376 e. The largest absolute Gasteiger partial charge is 0.376 e. The number of fused-ring (bicyclic) bond motifs is 1. The molecule has 4 unspecified atom stereocenters. The zero-order chi connectivity index (χ0) is 13.2. The Balaban J connectivity index is 1.75. The maximum atomic E-state index is 12.7. The molecular formula is C15H26N2O2. The number of ether oxygens (including phenoxy) is 1. The molecule has 108 valence electrons. The van der Waals surface area contributed by atoms with Crippen LogP contribution < -0.4 is 5.32 Å². The van der Waals surface area contributed by atoms with Crippen molar-refractivity contribution in [3.05, 3.63) is 0 Å². The van der Waals surface area contributed by atoms with Gasteiger partial charge in [0.15, 0.2) is 0 Å². The van der Waals surface area contributed by atoms with Crippen molar-refractivity contribution in [2.45, 2.75) is 63.1 Å². The van der Waals surface area contributed by atoms with Crippen LogP contribution in [0.4, 0.5) is 0 Å². The molecule has 2 heterocycles. The Morgan fingerprint density at radius 1 is 1.21 bits per heavy atom. The lowest BCUT2D eigenvalue weighted by Gasteiger charge is -2.33. The number of hydrogen-bond donors (Lipinski definition) is 1. The first-order valence-electron chi connectivity index (χ1n) is 7.89. The van der Waals surface area contributed by atoms with Crippen LogP contribution in [0.1, 0.15) is 44.9 Å². The third kappa shape index (κ3) is 2.65. The number of likely N-dealkylation sites (tertiary alicyclic amines) is 1. The first kappa shape index (κ1) is 13.4. The van der Waals surface area contributed by atoms with Crippen LogP contribution in [-0.4, -0.2) is 49.2 Å². The fourth-order valence-corrected chi connectivity index (χ4v) is 4.13. The van der Waals surface area contributed by atoms with E-state index in [2.05, 4.69) is 10.2 Å². The summed E-state index contributed by atoms with van der Waals surface area (Å²) in [5, 5.41) is 3.21. The molecule has 3 fully saturated rings. The second-order valence-corrected chi connectivity index (χ2v) is 6.30. The minimum atomic E-state index is 0.0204. The zero-order valence-electron chi connectivity index (χ0n) is 11.9. The van der Waals surface area contributed by atoms with Crippen molar-refractivity contribution in [1.82, 2.24) is 10.2 Å². The Morgan fingerprint density at radius 2 is 2.11 bits per heavy atom. The van der Waals surface area contributed by atoms with Crippen molar-refractivity contribution < 1.29 is 9.53 Å². The molecule has 0 spiro atoms. The van der Waals surface area contributed by atoms with Crippen LogP contribution in [0.3, 0.4) is 0 Å². The average molecular weight is 266 g/mol. The molecule has 4 nitrogen and oxygen atoms in total. The van der Waals surface area contributed by atoms with Crippen LogP contribution in [0.25, 0.3) is 0 Å². The number of carbonyl (C=O) groups is 1. The van der Waals surface area contributed by atoms with Gasteiger partial charge in [0.2, 0.25) is 5.91 Å². The van der Waals surface area contributed by atoms with Crippen LogP contribution in [0.2, 0.25) is 0 Å². The minimum absolute atomic E-state index is 0.0204. The van der Waals surface area contributed by atoms with Crippen molar-refractivity contribution in [2.24, 2.45) is 5.92 Å². The molecule has 1 saturated carbocycles. The summed E-state index contributed by atoms with van der Waals surface area (Å²) in [5.41, 5.74) is 0. The number of nitrogens with one attached hydrogen (secondary N) is 1. The summed E-state index contributed by atoms with van der Waals surface area (Å²) < 4.78 is 5.75. The summed E-state index contributed by atoms with van der Waals surface area (Å²) >= 11 is 0. The van der Waals surface area contributed by atoms with Crippen molar-refractivity contribution in [2.75, 3.05) is 20.2 Å². The third-order valence-corrected chi connectivity index (χ3v) is 5.20. The molecule has 19 heavy (non-hydrogen) atoms. The summed E-state index contributed by atoms with van der Waals surface area (Å²) in [4.78, 5) is 14.9. The van der Waals surface area contributed by atoms with Gasteiger partial charge in [-0.15, -0.1) is 0 Å². The van der Waals surface area contributed by atoms with Crippen LogP contribution >= 0.6 is 0 Å². The molecular weight excluding hydrogens is 240 g/mol. The molecule has 4 heteroatoms. The number of hydrogen-bond acceptors (Lipinski definition) is 3. The molecule has 1 N–H and O–H groups in total. The Kier molecular flexibility index (Phi) is 4.08. The van der Waals surface area contributed by atoms with Gasteiger partial charge in [-0.3, -0.25) is 4.79 Å². The van der Waals surface area contributed by atoms with Gasteiger partial charge in [-0.25, -0.2) is 0 Å². The lowest BCUT2D eigenvalue weighted by atomic mass is 9.97. The SMILES string of the molecule is CNC1CCC2CCCC2N(CC2CCCO2)C1=O. The number of carbonyl (C=O) groups excluding carboxylic acids is 1. The van der Waals surface area contributed by atoms with E-state index in [0.717, 1.165) is 38.3 Å². The fourth-order valence-electron chi connectivity index (χ4n) is 4.13. The lowest BCUT2D eigenvalue weighted by molar-refractivity contribution is -0.137. The number of rotatable bonds is 3. The highest BCUT2D eigenvalue weighted by Crippen LogP contribution is 2.37. The van der Waals surface area contributed by atoms with Gasteiger partial charge in [0, 0.05) is 19.2 Å². The molecule has 1 amide bonds. The normalized spacial score (nSPS) is 39.4. The van der Waals surface area contributed by atoms with Crippen LogP contribution in [-0.2, 0) is 9.53 Å². The maximum absolute atomic E-state index is 12.7. The highest BCUT2D eigenvalue weighted by atomic mass is 16.5. The van der Waals surface area contributed by atoms with Gasteiger partial charge in [-0.1, -0.05) is 6.42 Å². The summed E-state index contributed by atoms with van der Waals surface area (Å²) in [6.07, 6.45) is 8.52. The van der Waals surface area contributed by atoms with E-state index in [4.69, 9.17) is 4.74 Å². The van der Waals surface area contributed by atoms with Gasteiger partial charge in [0.1, 0.15) is 0 Å². The predicted molar refractivity (Wildman–Crippen MR) is 73.9 cm³/mol. The van der Waals surface area contributed by atoms with E-state index in [-0.39, 0.29) is 12.1 Å². The number of amides is 1. The standard InChI is InChI=1S/C15H26N2O2/c1-16-13-8-7-11-4-2-6-14(11)17(15(13)18)10-12-5-3-9-19-12/h11-14,16H,2-10H2,1H3. The predicted octanol–water partition coefficient (Wildman–Crippen LogP) is 1.54. The van der Waals surface area contributed by atoms with Gasteiger partial charge in [0.05, 0.1) is 12.1 Å². The smallest absolute Gasteiger partial charge is 0.240 e. The van der Waals surface area contributed by atoms with Crippen molar-refractivity contribution in [3.8, 4) is 0 Å². The molecule has 0 aromatic carbocycles. The molecule has 0 radical (unpaired) electrons. The van der Waals surface area contributed by atoms with Crippen LogP contribution in [0.15, 0.2) is 0 Å². The maximum Gasteiger partial charge on any atom is 0.240 e. The van der Waals surface area contributed by atoms with Crippen molar-refractivity contribution >= 4 is 5.91 Å². The molecule has 1 aliphatic carbocycles.